The van der Waals surface area contributed by atoms with Crippen molar-refractivity contribution in [3.8, 4) is 11.8 Å². The van der Waals surface area contributed by atoms with Crippen LogP contribution in [0, 0.1) is 11.3 Å². The third-order valence-electron chi connectivity index (χ3n) is 2.81. The van der Waals surface area contributed by atoms with Crippen LogP contribution in [0.25, 0.3) is 10.8 Å². The molecule has 0 radical (unpaired) electrons. The maximum absolute atomic E-state index is 8.63. The molecule has 0 saturated carbocycles. The van der Waals surface area contributed by atoms with Crippen molar-refractivity contribution in [3.05, 3.63) is 42.0 Å². The maximum atomic E-state index is 8.63. The number of methoxy groups -OCH3 is 1. The Hall–Kier alpha value is -1.76. The molecular weight excluding hydrogens is 248 g/mol. The van der Waals surface area contributed by atoms with E-state index in [1.54, 1.807) is 7.11 Å². The fourth-order valence-corrected chi connectivity index (χ4v) is 1.82. The van der Waals surface area contributed by atoms with Gasteiger partial charge in [-0.15, -0.1) is 12.4 Å². The molecule has 1 atom stereocenters. The molecule has 0 aliphatic heterocycles. The Morgan fingerprint density at radius 2 is 1.89 bits per heavy atom. The van der Waals surface area contributed by atoms with E-state index in [0.717, 1.165) is 22.1 Å². The lowest BCUT2D eigenvalue weighted by atomic mass is 10.0. The predicted octanol–water partition coefficient (Wildman–Crippen LogP) is 3.18. The summed E-state index contributed by atoms with van der Waals surface area (Å²) >= 11 is 0. The number of benzene rings is 2. The van der Waals surface area contributed by atoms with Crippen molar-refractivity contribution >= 4 is 23.2 Å². The van der Waals surface area contributed by atoms with Crippen LogP contribution in [0.1, 0.15) is 18.0 Å². The molecule has 0 unspecified atom stereocenters. The lowest BCUT2D eigenvalue weighted by Crippen LogP contribution is -2.08. The highest BCUT2D eigenvalue weighted by atomic mass is 35.5. The average molecular weight is 263 g/mol. The van der Waals surface area contributed by atoms with Gasteiger partial charge < -0.3 is 10.5 Å². The molecule has 0 heterocycles. The van der Waals surface area contributed by atoms with E-state index in [9.17, 15) is 0 Å². The molecule has 0 aliphatic rings. The quantitative estimate of drug-likeness (QED) is 0.924. The molecular formula is C14H15ClN2O. The fourth-order valence-electron chi connectivity index (χ4n) is 1.82. The van der Waals surface area contributed by atoms with Crippen LogP contribution in [0.2, 0.25) is 0 Å². The normalized spacial score (nSPS) is 11.4. The molecule has 2 N–H and O–H groups in total. The highest BCUT2D eigenvalue weighted by Gasteiger charge is 2.06. The van der Waals surface area contributed by atoms with Crippen molar-refractivity contribution in [2.75, 3.05) is 7.11 Å². The molecule has 4 heteroatoms. The fraction of sp³-hybridized carbons (Fsp3) is 0.214. The summed E-state index contributed by atoms with van der Waals surface area (Å²) < 4.78 is 5.17. The SMILES string of the molecule is COc1ccc2cc([C@@H](N)CC#N)ccc2c1.Cl. The second-order valence-electron chi connectivity index (χ2n) is 3.94. The van der Waals surface area contributed by atoms with Gasteiger partial charge in [-0.2, -0.15) is 5.26 Å². The van der Waals surface area contributed by atoms with Gasteiger partial charge in [0, 0.05) is 6.04 Å². The zero-order valence-corrected chi connectivity index (χ0v) is 10.9. The number of rotatable bonds is 3. The van der Waals surface area contributed by atoms with Gasteiger partial charge in [-0.1, -0.05) is 18.2 Å². The first kappa shape index (κ1) is 14.3. The Kier molecular flexibility index (Phi) is 4.96. The van der Waals surface area contributed by atoms with E-state index in [-0.39, 0.29) is 18.4 Å². The van der Waals surface area contributed by atoms with Crippen molar-refractivity contribution < 1.29 is 4.74 Å². The van der Waals surface area contributed by atoms with Gasteiger partial charge in [0.2, 0.25) is 0 Å². The lowest BCUT2D eigenvalue weighted by Gasteiger charge is -2.09. The van der Waals surface area contributed by atoms with Gasteiger partial charge in [0.15, 0.2) is 0 Å². The van der Waals surface area contributed by atoms with E-state index in [2.05, 4.69) is 6.07 Å². The Morgan fingerprint density at radius 1 is 1.22 bits per heavy atom. The molecule has 2 rings (SSSR count). The van der Waals surface area contributed by atoms with Crippen molar-refractivity contribution in [2.24, 2.45) is 5.73 Å². The molecule has 0 spiro atoms. The molecule has 2 aromatic carbocycles. The van der Waals surface area contributed by atoms with E-state index < -0.39 is 0 Å². The third-order valence-corrected chi connectivity index (χ3v) is 2.81. The third kappa shape index (κ3) is 2.92. The van der Waals surface area contributed by atoms with Crippen LogP contribution >= 0.6 is 12.4 Å². The van der Waals surface area contributed by atoms with Gasteiger partial charge in [0.25, 0.3) is 0 Å². The molecule has 0 saturated heterocycles. The highest BCUT2D eigenvalue weighted by Crippen LogP contribution is 2.24. The number of nitrogens with zero attached hydrogens (tertiary/aromatic N) is 1. The standard InChI is InChI=1S/C14H14N2O.ClH/c1-17-13-5-4-10-8-12(14(16)6-7-15)3-2-11(10)9-13;/h2-5,8-9,14H,6,16H2,1H3;1H/t14-;/m0./s1. The van der Waals surface area contributed by atoms with Gasteiger partial charge in [0.05, 0.1) is 19.6 Å². The molecule has 0 aromatic heterocycles. The van der Waals surface area contributed by atoms with Crippen LogP contribution in [0.5, 0.6) is 5.75 Å². The van der Waals surface area contributed by atoms with Crippen LogP contribution in [0.15, 0.2) is 36.4 Å². The van der Waals surface area contributed by atoms with E-state index in [1.807, 2.05) is 36.4 Å². The molecule has 2 aromatic rings. The summed E-state index contributed by atoms with van der Waals surface area (Å²) in [6.45, 7) is 0. The summed E-state index contributed by atoms with van der Waals surface area (Å²) in [5.74, 6) is 0.839. The molecule has 94 valence electrons. The molecule has 0 bridgehead atoms. The molecule has 3 nitrogen and oxygen atoms in total. The zero-order chi connectivity index (χ0) is 12.3. The second kappa shape index (κ2) is 6.25. The van der Waals surface area contributed by atoms with E-state index in [1.165, 1.54) is 0 Å². The number of halogens is 1. The number of nitrogens with two attached hydrogens (primary N) is 1. The Morgan fingerprint density at radius 3 is 2.56 bits per heavy atom. The highest BCUT2D eigenvalue weighted by molar-refractivity contribution is 5.85. The summed E-state index contributed by atoms with van der Waals surface area (Å²) in [6.07, 6.45) is 0.335. The summed E-state index contributed by atoms with van der Waals surface area (Å²) in [6, 6.07) is 13.8. The van der Waals surface area contributed by atoms with Crippen molar-refractivity contribution in [1.29, 1.82) is 5.26 Å². The Labute approximate surface area is 113 Å². The monoisotopic (exact) mass is 262 g/mol. The summed E-state index contributed by atoms with van der Waals surface area (Å²) in [4.78, 5) is 0. The van der Waals surface area contributed by atoms with E-state index in [4.69, 9.17) is 15.7 Å². The van der Waals surface area contributed by atoms with Gasteiger partial charge in [-0.25, -0.2) is 0 Å². The second-order valence-corrected chi connectivity index (χ2v) is 3.94. The topological polar surface area (TPSA) is 59.0 Å². The first-order chi connectivity index (χ1) is 8.24. The maximum Gasteiger partial charge on any atom is 0.119 e. The minimum absolute atomic E-state index is 0. The number of fused-ring (bicyclic) bond motifs is 1. The Bertz CT molecular complexity index is 578. The molecule has 18 heavy (non-hydrogen) atoms. The van der Waals surface area contributed by atoms with Gasteiger partial charge in [-0.05, 0) is 34.5 Å². The van der Waals surface area contributed by atoms with Crippen molar-refractivity contribution in [3.63, 3.8) is 0 Å². The summed E-state index contributed by atoms with van der Waals surface area (Å²) in [5, 5.41) is 10.8. The zero-order valence-electron chi connectivity index (χ0n) is 10.1. The number of nitriles is 1. The number of hydrogen-bond acceptors (Lipinski definition) is 3. The van der Waals surface area contributed by atoms with Gasteiger partial charge in [0.1, 0.15) is 5.75 Å². The first-order valence-electron chi connectivity index (χ1n) is 5.45. The van der Waals surface area contributed by atoms with E-state index in [0.29, 0.717) is 6.42 Å². The van der Waals surface area contributed by atoms with Gasteiger partial charge in [-0.3, -0.25) is 0 Å². The minimum atomic E-state index is -0.216. The predicted molar refractivity (Wildman–Crippen MR) is 74.9 cm³/mol. The number of ether oxygens (including phenoxy) is 1. The minimum Gasteiger partial charge on any atom is -0.497 e. The molecule has 0 fully saturated rings. The smallest absolute Gasteiger partial charge is 0.119 e. The van der Waals surface area contributed by atoms with Crippen molar-refractivity contribution in [1.82, 2.24) is 0 Å². The van der Waals surface area contributed by atoms with Crippen LogP contribution < -0.4 is 10.5 Å². The van der Waals surface area contributed by atoms with E-state index >= 15 is 0 Å². The van der Waals surface area contributed by atoms with Crippen molar-refractivity contribution in [2.45, 2.75) is 12.5 Å². The van der Waals surface area contributed by atoms with Crippen LogP contribution in [-0.2, 0) is 0 Å². The van der Waals surface area contributed by atoms with Gasteiger partial charge >= 0.3 is 0 Å². The van der Waals surface area contributed by atoms with Crippen LogP contribution in [0.4, 0.5) is 0 Å². The number of hydrogen-bond donors (Lipinski definition) is 1. The summed E-state index contributed by atoms with van der Waals surface area (Å²) in [5.41, 5.74) is 6.90. The largest absolute Gasteiger partial charge is 0.497 e. The molecule has 0 aliphatic carbocycles. The van der Waals surface area contributed by atoms with Crippen LogP contribution in [0.3, 0.4) is 0 Å². The average Bonchev–Trinajstić information content (AvgIpc) is 2.37. The summed E-state index contributed by atoms with van der Waals surface area (Å²) in [7, 11) is 1.65. The Balaban J connectivity index is 0.00000162. The lowest BCUT2D eigenvalue weighted by molar-refractivity contribution is 0.415. The molecule has 0 amide bonds. The first-order valence-corrected chi connectivity index (χ1v) is 5.45. The van der Waals surface area contributed by atoms with Crippen LogP contribution in [-0.4, -0.2) is 7.11 Å².